The van der Waals surface area contributed by atoms with Gasteiger partial charge in [0.25, 0.3) is 0 Å². The summed E-state index contributed by atoms with van der Waals surface area (Å²) < 4.78 is 10.8. The second-order valence-electron chi connectivity index (χ2n) is 6.97. The van der Waals surface area contributed by atoms with Gasteiger partial charge in [0.15, 0.2) is 0 Å². The molecule has 3 aromatic rings. The number of hydrogen-bond donors (Lipinski definition) is 0. The summed E-state index contributed by atoms with van der Waals surface area (Å²) in [5, 5.41) is 0. The third-order valence-electron chi connectivity index (χ3n) is 5.05. The van der Waals surface area contributed by atoms with E-state index >= 15 is 0 Å². The number of ether oxygens (including phenoxy) is 2. The Labute approximate surface area is 165 Å². The fraction of sp³-hybridized carbons (Fsp3) is 0.318. The van der Waals surface area contributed by atoms with Crippen LogP contribution in [0.5, 0.6) is 11.5 Å². The van der Waals surface area contributed by atoms with Crippen molar-refractivity contribution in [2.24, 2.45) is 0 Å². The summed E-state index contributed by atoms with van der Waals surface area (Å²) in [6.45, 7) is 4.67. The van der Waals surface area contributed by atoms with Crippen molar-refractivity contribution in [1.29, 1.82) is 0 Å². The molecule has 0 amide bonds. The van der Waals surface area contributed by atoms with Gasteiger partial charge in [0.05, 0.1) is 19.9 Å². The first kappa shape index (κ1) is 18.4. The predicted octanol–water partition coefficient (Wildman–Crippen LogP) is 3.42. The summed E-state index contributed by atoms with van der Waals surface area (Å²) in [7, 11) is 3.32. The zero-order chi connectivity index (χ0) is 19.5. The molecule has 0 fully saturated rings. The van der Waals surface area contributed by atoms with Crippen LogP contribution in [0.1, 0.15) is 22.6 Å². The average molecular weight is 376 g/mol. The number of aryl methyl sites for hydroxylation is 1. The van der Waals surface area contributed by atoms with Crippen molar-refractivity contribution in [2.75, 3.05) is 20.8 Å². The topological polar surface area (TPSA) is 60.4 Å². The molecule has 0 saturated heterocycles. The van der Waals surface area contributed by atoms with Crippen LogP contribution in [0.3, 0.4) is 0 Å². The Morgan fingerprint density at radius 1 is 1.04 bits per heavy atom. The van der Waals surface area contributed by atoms with Gasteiger partial charge in [-0.15, -0.1) is 0 Å². The Morgan fingerprint density at radius 2 is 1.93 bits per heavy atom. The molecule has 28 heavy (non-hydrogen) atoms. The first-order chi connectivity index (χ1) is 13.7. The van der Waals surface area contributed by atoms with E-state index < -0.39 is 0 Å². The van der Waals surface area contributed by atoms with Gasteiger partial charge in [0, 0.05) is 55.3 Å². The number of nitrogens with zero attached hydrogens (tertiary/aromatic N) is 4. The van der Waals surface area contributed by atoms with Crippen molar-refractivity contribution >= 4 is 0 Å². The minimum absolute atomic E-state index is 0.781. The maximum absolute atomic E-state index is 5.48. The fourth-order valence-corrected chi connectivity index (χ4v) is 3.56. The average Bonchev–Trinajstić information content (AvgIpc) is 2.74. The van der Waals surface area contributed by atoms with Crippen LogP contribution in [0.2, 0.25) is 0 Å². The Bertz CT molecular complexity index is 973. The number of methoxy groups -OCH3 is 2. The number of aromatic nitrogens is 3. The Hall–Kier alpha value is -2.99. The van der Waals surface area contributed by atoms with E-state index in [9.17, 15) is 0 Å². The molecule has 4 rings (SSSR count). The summed E-state index contributed by atoms with van der Waals surface area (Å²) in [5.41, 5.74) is 5.38. The summed E-state index contributed by atoms with van der Waals surface area (Å²) in [4.78, 5) is 16.0. The zero-order valence-corrected chi connectivity index (χ0v) is 16.5. The molecule has 1 aliphatic heterocycles. The van der Waals surface area contributed by atoms with Crippen LogP contribution in [0.15, 0.2) is 42.7 Å². The second-order valence-corrected chi connectivity index (χ2v) is 6.97. The van der Waals surface area contributed by atoms with Gasteiger partial charge < -0.3 is 9.47 Å². The molecule has 0 saturated carbocycles. The lowest BCUT2D eigenvalue weighted by Gasteiger charge is -2.27. The number of rotatable bonds is 5. The standard InChI is InChI=1S/C22H24N4O2/c1-15-23-12-17-14-26(9-8-20(17)25-15)13-16-4-6-21(24-11-16)19-10-18(27-2)5-7-22(19)28-3/h4-7,10-12H,8-9,13-14H2,1-3H3. The summed E-state index contributed by atoms with van der Waals surface area (Å²) >= 11 is 0. The molecule has 0 N–H and O–H groups in total. The van der Waals surface area contributed by atoms with E-state index in [-0.39, 0.29) is 0 Å². The highest BCUT2D eigenvalue weighted by atomic mass is 16.5. The maximum atomic E-state index is 5.48. The molecule has 0 atom stereocenters. The van der Waals surface area contributed by atoms with Crippen LogP contribution in [0, 0.1) is 6.92 Å². The molecule has 0 aliphatic carbocycles. The zero-order valence-electron chi connectivity index (χ0n) is 16.5. The molecule has 0 bridgehead atoms. The number of pyridine rings is 1. The van der Waals surface area contributed by atoms with Crippen molar-refractivity contribution in [1.82, 2.24) is 19.9 Å². The van der Waals surface area contributed by atoms with Gasteiger partial charge in [-0.2, -0.15) is 0 Å². The molecule has 1 aromatic carbocycles. The van der Waals surface area contributed by atoms with Crippen molar-refractivity contribution in [3.8, 4) is 22.8 Å². The van der Waals surface area contributed by atoms with Crippen molar-refractivity contribution in [3.63, 3.8) is 0 Å². The van der Waals surface area contributed by atoms with Gasteiger partial charge >= 0.3 is 0 Å². The van der Waals surface area contributed by atoms with Gasteiger partial charge in [-0.1, -0.05) is 6.07 Å². The minimum Gasteiger partial charge on any atom is -0.497 e. The van der Waals surface area contributed by atoms with Crippen LogP contribution in [-0.2, 0) is 19.5 Å². The van der Waals surface area contributed by atoms with Crippen LogP contribution < -0.4 is 9.47 Å². The monoisotopic (exact) mass is 376 g/mol. The normalized spacial score (nSPS) is 13.8. The smallest absolute Gasteiger partial charge is 0.128 e. The molecule has 6 heteroatoms. The fourth-order valence-electron chi connectivity index (χ4n) is 3.56. The minimum atomic E-state index is 0.781. The van der Waals surface area contributed by atoms with Crippen molar-refractivity contribution < 1.29 is 9.47 Å². The van der Waals surface area contributed by atoms with Gasteiger partial charge in [0.1, 0.15) is 17.3 Å². The SMILES string of the molecule is COc1ccc(OC)c(-c2ccc(CN3CCc4nc(C)ncc4C3)cn2)c1. The molecule has 2 aromatic heterocycles. The van der Waals surface area contributed by atoms with E-state index in [1.165, 1.54) is 16.8 Å². The third-order valence-corrected chi connectivity index (χ3v) is 5.05. The Balaban J connectivity index is 1.49. The van der Waals surface area contributed by atoms with E-state index in [4.69, 9.17) is 9.47 Å². The molecule has 3 heterocycles. The molecule has 144 valence electrons. The van der Waals surface area contributed by atoms with Gasteiger partial charge in [-0.05, 0) is 36.8 Å². The number of fused-ring (bicyclic) bond motifs is 1. The molecular weight excluding hydrogens is 352 g/mol. The van der Waals surface area contributed by atoms with Crippen molar-refractivity contribution in [2.45, 2.75) is 26.4 Å². The van der Waals surface area contributed by atoms with Gasteiger partial charge in [0.2, 0.25) is 0 Å². The number of benzene rings is 1. The lowest BCUT2D eigenvalue weighted by atomic mass is 10.1. The highest BCUT2D eigenvalue weighted by Crippen LogP contribution is 2.32. The van der Waals surface area contributed by atoms with E-state index in [2.05, 4.69) is 25.9 Å². The maximum Gasteiger partial charge on any atom is 0.128 e. The quantitative estimate of drug-likeness (QED) is 0.680. The Morgan fingerprint density at radius 3 is 2.68 bits per heavy atom. The van der Waals surface area contributed by atoms with Crippen LogP contribution >= 0.6 is 0 Å². The number of hydrogen-bond acceptors (Lipinski definition) is 6. The van der Waals surface area contributed by atoms with Crippen LogP contribution in [-0.4, -0.2) is 40.6 Å². The second kappa shape index (κ2) is 7.94. The molecule has 6 nitrogen and oxygen atoms in total. The summed E-state index contributed by atoms with van der Waals surface area (Å²) in [6, 6.07) is 9.90. The van der Waals surface area contributed by atoms with Crippen LogP contribution in [0.25, 0.3) is 11.3 Å². The molecule has 0 radical (unpaired) electrons. The van der Waals surface area contributed by atoms with E-state index in [0.29, 0.717) is 0 Å². The first-order valence-electron chi connectivity index (χ1n) is 9.37. The molecule has 0 spiro atoms. The van der Waals surface area contributed by atoms with Gasteiger partial charge in [-0.25, -0.2) is 9.97 Å². The van der Waals surface area contributed by atoms with Crippen molar-refractivity contribution in [3.05, 3.63) is 65.4 Å². The van der Waals surface area contributed by atoms with Gasteiger partial charge in [-0.3, -0.25) is 9.88 Å². The van der Waals surface area contributed by atoms with Crippen LogP contribution in [0.4, 0.5) is 0 Å². The highest BCUT2D eigenvalue weighted by molar-refractivity contribution is 5.69. The molecule has 0 unspecified atom stereocenters. The lowest BCUT2D eigenvalue weighted by molar-refractivity contribution is 0.242. The first-order valence-corrected chi connectivity index (χ1v) is 9.37. The molecular formula is C22H24N4O2. The summed E-state index contributed by atoms with van der Waals surface area (Å²) in [6.07, 6.45) is 4.86. The molecule has 1 aliphatic rings. The lowest BCUT2D eigenvalue weighted by Crippen LogP contribution is -2.31. The summed E-state index contributed by atoms with van der Waals surface area (Å²) in [5.74, 6) is 2.41. The Kier molecular flexibility index (Phi) is 5.21. The van der Waals surface area contributed by atoms with E-state index in [0.717, 1.165) is 54.6 Å². The predicted molar refractivity (Wildman–Crippen MR) is 107 cm³/mol. The highest BCUT2D eigenvalue weighted by Gasteiger charge is 2.18. The van der Waals surface area contributed by atoms with E-state index in [1.54, 1.807) is 14.2 Å². The van der Waals surface area contributed by atoms with E-state index in [1.807, 2.05) is 43.6 Å². The largest absolute Gasteiger partial charge is 0.497 e. The third kappa shape index (κ3) is 3.82.